The van der Waals surface area contributed by atoms with Gasteiger partial charge in [-0.1, -0.05) is 0 Å². The van der Waals surface area contributed by atoms with Crippen LogP contribution in [0.1, 0.15) is 11.7 Å². The smallest absolute Gasteiger partial charge is 0.169 e. The molecule has 13 heavy (non-hydrogen) atoms. The van der Waals surface area contributed by atoms with Crippen molar-refractivity contribution in [1.29, 1.82) is 0 Å². The Morgan fingerprint density at radius 1 is 1.54 bits per heavy atom. The molecule has 0 aromatic carbocycles. The van der Waals surface area contributed by atoms with E-state index in [0.717, 1.165) is 18.8 Å². The Balaban J connectivity index is 2.15. The maximum atomic E-state index is 12.5. The molecular formula is C9H11BrFNO. The van der Waals surface area contributed by atoms with Gasteiger partial charge in [-0.15, -0.1) is 0 Å². The van der Waals surface area contributed by atoms with Crippen molar-refractivity contribution in [3.63, 3.8) is 0 Å². The second-order valence-electron chi connectivity index (χ2n) is 3.32. The van der Waals surface area contributed by atoms with E-state index in [-0.39, 0.29) is 18.5 Å². The number of furan rings is 1. The van der Waals surface area contributed by atoms with Crippen molar-refractivity contribution >= 4 is 15.9 Å². The van der Waals surface area contributed by atoms with Crippen molar-refractivity contribution < 1.29 is 8.81 Å². The van der Waals surface area contributed by atoms with Gasteiger partial charge in [0, 0.05) is 24.9 Å². The van der Waals surface area contributed by atoms with E-state index in [9.17, 15) is 4.39 Å². The van der Waals surface area contributed by atoms with Gasteiger partial charge in [0.25, 0.3) is 0 Å². The Morgan fingerprint density at radius 2 is 2.38 bits per heavy atom. The Bertz CT molecular complexity index is 289. The van der Waals surface area contributed by atoms with Crippen LogP contribution in [0.4, 0.5) is 4.39 Å². The molecule has 1 aromatic heterocycles. The molecule has 1 aliphatic heterocycles. The number of halogens is 2. The fraction of sp³-hybridized carbons (Fsp3) is 0.556. The quantitative estimate of drug-likeness (QED) is 0.868. The normalized spacial score (nSPS) is 28.2. The molecule has 1 aliphatic rings. The summed E-state index contributed by atoms with van der Waals surface area (Å²) < 4.78 is 18.7. The van der Waals surface area contributed by atoms with E-state index in [2.05, 4.69) is 21.2 Å². The van der Waals surface area contributed by atoms with E-state index in [4.69, 9.17) is 4.42 Å². The standard InChI is InChI=1S/C9H11BrFNO/c10-9-2-1-8(13-9)7-5-12-4-6(7)3-11/h1-2,6-7,12H,3-5H2/t6-,7-/m1/s1. The van der Waals surface area contributed by atoms with Gasteiger partial charge in [0.1, 0.15) is 5.76 Å². The van der Waals surface area contributed by atoms with Crippen molar-refractivity contribution in [2.45, 2.75) is 5.92 Å². The highest BCUT2D eigenvalue weighted by atomic mass is 79.9. The van der Waals surface area contributed by atoms with E-state index in [0.29, 0.717) is 4.67 Å². The molecule has 0 amide bonds. The van der Waals surface area contributed by atoms with Gasteiger partial charge < -0.3 is 9.73 Å². The first-order chi connectivity index (χ1) is 6.31. The predicted octanol–water partition coefficient (Wildman–Crippen LogP) is 2.31. The molecule has 2 heterocycles. The lowest BCUT2D eigenvalue weighted by Gasteiger charge is -2.11. The average Bonchev–Trinajstić information content (AvgIpc) is 2.71. The summed E-state index contributed by atoms with van der Waals surface area (Å²) in [6.45, 7) is 1.28. The zero-order chi connectivity index (χ0) is 9.26. The Labute approximate surface area is 84.6 Å². The van der Waals surface area contributed by atoms with Crippen LogP contribution >= 0.6 is 15.9 Å². The van der Waals surface area contributed by atoms with Crippen LogP contribution in [0.5, 0.6) is 0 Å². The Morgan fingerprint density at radius 3 is 3.00 bits per heavy atom. The van der Waals surface area contributed by atoms with Gasteiger partial charge in [-0.3, -0.25) is 4.39 Å². The van der Waals surface area contributed by atoms with Crippen LogP contribution in [0.15, 0.2) is 21.2 Å². The highest BCUT2D eigenvalue weighted by Gasteiger charge is 2.30. The maximum absolute atomic E-state index is 12.5. The van der Waals surface area contributed by atoms with Crippen molar-refractivity contribution in [2.75, 3.05) is 19.8 Å². The molecule has 2 atom stereocenters. The van der Waals surface area contributed by atoms with Crippen molar-refractivity contribution in [2.24, 2.45) is 5.92 Å². The number of hydrogen-bond acceptors (Lipinski definition) is 2. The highest BCUT2D eigenvalue weighted by Crippen LogP contribution is 2.30. The van der Waals surface area contributed by atoms with E-state index in [1.54, 1.807) is 0 Å². The predicted molar refractivity (Wildman–Crippen MR) is 51.5 cm³/mol. The molecule has 1 fully saturated rings. The molecule has 1 N–H and O–H groups in total. The zero-order valence-electron chi connectivity index (χ0n) is 7.09. The Hall–Kier alpha value is -0.350. The van der Waals surface area contributed by atoms with Gasteiger partial charge in [-0.25, -0.2) is 0 Å². The molecule has 0 radical (unpaired) electrons. The molecular weight excluding hydrogens is 237 g/mol. The van der Waals surface area contributed by atoms with Gasteiger partial charge in [0.2, 0.25) is 0 Å². The summed E-state index contributed by atoms with van der Waals surface area (Å²) in [6, 6.07) is 3.76. The van der Waals surface area contributed by atoms with Crippen molar-refractivity contribution in [3.05, 3.63) is 22.6 Å². The summed E-state index contributed by atoms with van der Waals surface area (Å²) in [7, 11) is 0. The molecule has 0 unspecified atom stereocenters. The summed E-state index contributed by atoms with van der Waals surface area (Å²) in [5.74, 6) is 1.13. The fourth-order valence-corrected chi connectivity index (χ4v) is 2.07. The fourth-order valence-electron chi connectivity index (χ4n) is 1.76. The summed E-state index contributed by atoms with van der Waals surface area (Å²) in [5, 5.41) is 3.17. The molecule has 0 saturated carbocycles. The van der Waals surface area contributed by atoms with Crippen LogP contribution < -0.4 is 5.32 Å². The van der Waals surface area contributed by atoms with Crippen LogP contribution in [0, 0.1) is 5.92 Å². The topological polar surface area (TPSA) is 25.2 Å². The molecule has 0 aliphatic carbocycles. The highest BCUT2D eigenvalue weighted by molar-refractivity contribution is 9.10. The number of rotatable bonds is 2. The van der Waals surface area contributed by atoms with Crippen LogP contribution in [-0.4, -0.2) is 19.8 Å². The first kappa shape index (κ1) is 9.21. The van der Waals surface area contributed by atoms with Crippen LogP contribution in [-0.2, 0) is 0 Å². The van der Waals surface area contributed by atoms with E-state index >= 15 is 0 Å². The third kappa shape index (κ3) is 1.79. The minimum absolute atomic E-state index is 0.0676. The minimum Gasteiger partial charge on any atom is -0.454 e. The summed E-state index contributed by atoms with van der Waals surface area (Å²) in [5.41, 5.74) is 0. The van der Waals surface area contributed by atoms with Crippen molar-refractivity contribution in [1.82, 2.24) is 5.32 Å². The van der Waals surface area contributed by atoms with Gasteiger partial charge in [-0.2, -0.15) is 0 Å². The largest absolute Gasteiger partial charge is 0.454 e. The maximum Gasteiger partial charge on any atom is 0.169 e. The molecule has 2 nitrogen and oxygen atoms in total. The SMILES string of the molecule is FC[C@@H]1CNC[C@H]1c1ccc(Br)o1. The number of hydrogen-bond donors (Lipinski definition) is 1. The second-order valence-corrected chi connectivity index (χ2v) is 4.10. The summed E-state index contributed by atoms with van der Waals surface area (Å²) in [4.78, 5) is 0. The monoisotopic (exact) mass is 247 g/mol. The Kier molecular flexibility index (Phi) is 2.69. The van der Waals surface area contributed by atoms with Crippen LogP contribution in [0.25, 0.3) is 0 Å². The zero-order valence-corrected chi connectivity index (χ0v) is 8.68. The molecule has 0 bridgehead atoms. The lowest BCUT2D eigenvalue weighted by Crippen LogP contribution is -2.12. The van der Waals surface area contributed by atoms with Crippen LogP contribution in [0.3, 0.4) is 0 Å². The van der Waals surface area contributed by atoms with Crippen LogP contribution in [0.2, 0.25) is 0 Å². The van der Waals surface area contributed by atoms with Gasteiger partial charge >= 0.3 is 0 Å². The average molecular weight is 248 g/mol. The minimum atomic E-state index is -0.282. The third-order valence-corrected chi connectivity index (χ3v) is 2.92. The summed E-state index contributed by atoms with van der Waals surface area (Å²) in [6.07, 6.45) is 0. The van der Waals surface area contributed by atoms with E-state index < -0.39 is 0 Å². The molecule has 0 spiro atoms. The molecule has 1 saturated heterocycles. The second kappa shape index (κ2) is 3.80. The first-order valence-corrected chi connectivity index (χ1v) is 5.12. The first-order valence-electron chi connectivity index (χ1n) is 4.33. The molecule has 72 valence electrons. The molecule has 4 heteroatoms. The van der Waals surface area contributed by atoms with Gasteiger partial charge in [0.05, 0.1) is 6.67 Å². The van der Waals surface area contributed by atoms with E-state index in [1.165, 1.54) is 0 Å². The molecule has 1 aromatic rings. The number of nitrogens with one attached hydrogen (secondary N) is 1. The summed E-state index contributed by atoms with van der Waals surface area (Å²) >= 11 is 3.24. The van der Waals surface area contributed by atoms with Crippen molar-refractivity contribution in [3.8, 4) is 0 Å². The number of alkyl halides is 1. The van der Waals surface area contributed by atoms with Gasteiger partial charge in [-0.05, 0) is 28.1 Å². The lowest BCUT2D eigenvalue weighted by molar-refractivity contribution is 0.328. The lowest BCUT2D eigenvalue weighted by atomic mass is 9.95. The van der Waals surface area contributed by atoms with E-state index in [1.807, 2.05) is 12.1 Å². The third-order valence-electron chi connectivity index (χ3n) is 2.50. The van der Waals surface area contributed by atoms with Gasteiger partial charge in [0.15, 0.2) is 4.67 Å². The molecule has 2 rings (SSSR count).